The number of ether oxygens (including phenoxy) is 1. The van der Waals surface area contributed by atoms with Crippen molar-refractivity contribution in [2.24, 2.45) is 0 Å². The van der Waals surface area contributed by atoms with Gasteiger partial charge in [-0.1, -0.05) is 17.9 Å². The predicted octanol–water partition coefficient (Wildman–Crippen LogP) is 2.45. The lowest BCUT2D eigenvalue weighted by atomic mass is 9.95. The molecule has 0 saturated carbocycles. The standard InChI is InChI=1S/C19H17N3O5/c1-11(23)21-17(12-5-7-13(27-2)8-6-12)15-10-16(22(25)26)14-4-3-9-20-18(14)19(15)24/h3-10,17,24H,1-2H3,(H,21,23)/p-1/t17-/m0/s1. The maximum Gasteiger partial charge on any atom is 0.279 e. The van der Waals surface area contributed by atoms with Gasteiger partial charge in [-0.05, 0) is 35.4 Å². The molecule has 27 heavy (non-hydrogen) atoms. The second kappa shape index (κ2) is 7.28. The third-order valence-corrected chi connectivity index (χ3v) is 4.16. The molecule has 0 radical (unpaired) electrons. The number of nitro groups is 1. The first-order chi connectivity index (χ1) is 12.9. The molecule has 0 saturated heterocycles. The van der Waals surface area contributed by atoms with Crippen molar-refractivity contribution >= 4 is 22.5 Å². The minimum atomic E-state index is -0.856. The summed E-state index contributed by atoms with van der Waals surface area (Å²) in [7, 11) is 1.52. The molecule has 0 fully saturated rings. The van der Waals surface area contributed by atoms with E-state index in [-0.39, 0.29) is 28.1 Å². The van der Waals surface area contributed by atoms with E-state index in [0.717, 1.165) is 0 Å². The summed E-state index contributed by atoms with van der Waals surface area (Å²) >= 11 is 0. The monoisotopic (exact) mass is 366 g/mol. The predicted molar refractivity (Wildman–Crippen MR) is 96.5 cm³/mol. The van der Waals surface area contributed by atoms with Gasteiger partial charge in [0.15, 0.2) is 0 Å². The fourth-order valence-electron chi connectivity index (χ4n) is 2.93. The van der Waals surface area contributed by atoms with Gasteiger partial charge in [0, 0.05) is 19.2 Å². The lowest BCUT2D eigenvalue weighted by Gasteiger charge is -2.25. The molecule has 0 spiro atoms. The average Bonchev–Trinajstić information content (AvgIpc) is 2.66. The summed E-state index contributed by atoms with van der Waals surface area (Å²) in [6.45, 7) is 1.31. The Balaban J connectivity index is 2.24. The number of hydrogen-bond donors (Lipinski definition) is 1. The largest absolute Gasteiger partial charge is 0.871 e. The number of methoxy groups -OCH3 is 1. The van der Waals surface area contributed by atoms with Gasteiger partial charge in [-0.3, -0.25) is 19.9 Å². The molecule has 0 aliphatic heterocycles. The number of benzene rings is 2. The Hall–Kier alpha value is -3.68. The first kappa shape index (κ1) is 18.1. The lowest BCUT2D eigenvalue weighted by Crippen LogP contribution is -2.28. The average molecular weight is 366 g/mol. The minimum absolute atomic E-state index is 0.00874. The quantitative estimate of drug-likeness (QED) is 0.547. The van der Waals surface area contributed by atoms with E-state index in [1.165, 1.54) is 38.4 Å². The summed E-state index contributed by atoms with van der Waals surface area (Å²) in [5, 5.41) is 27.3. The first-order valence-electron chi connectivity index (χ1n) is 8.06. The van der Waals surface area contributed by atoms with Gasteiger partial charge in [-0.25, -0.2) is 0 Å². The number of aromatic nitrogens is 1. The summed E-state index contributed by atoms with van der Waals surface area (Å²) < 4.78 is 5.12. The van der Waals surface area contributed by atoms with Crippen LogP contribution >= 0.6 is 0 Å². The van der Waals surface area contributed by atoms with Gasteiger partial charge < -0.3 is 15.2 Å². The van der Waals surface area contributed by atoms with E-state index in [4.69, 9.17) is 4.74 Å². The Morgan fingerprint density at radius 2 is 1.96 bits per heavy atom. The van der Waals surface area contributed by atoms with Gasteiger partial charge in [0.05, 0.1) is 29.0 Å². The fraction of sp³-hybridized carbons (Fsp3) is 0.158. The Labute approximate surface area is 154 Å². The van der Waals surface area contributed by atoms with E-state index in [1.54, 1.807) is 24.3 Å². The molecule has 0 aliphatic carbocycles. The summed E-state index contributed by atoms with van der Waals surface area (Å²) in [6.07, 6.45) is 1.40. The van der Waals surface area contributed by atoms with Crippen molar-refractivity contribution < 1.29 is 19.6 Å². The van der Waals surface area contributed by atoms with Crippen LogP contribution in [0.25, 0.3) is 10.9 Å². The Bertz CT molecular complexity index is 1020. The van der Waals surface area contributed by atoms with E-state index in [0.29, 0.717) is 11.3 Å². The zero-order chi connectivity index (χ0) is 19.6. The van der Waals surface area contributed by atoms with Crippen LogP contribution in [0.4, 0.5) is 5.69 Å². The van der Waals surface area contributed by atoms with Crippen LogP contribution in [-0.2, 0) is 4.79 Å². The van der Waals surface area contributed by atoms with Crippen LogP contribution < -0.4 is 15.2 Å². The topological polar surface area (TPSA) is 117 Å². The van der Waals surface area contributed by atoms with Gasteiger partial charge in [0.25, 0.3) is 5.69 Å². The zero-order valence-electron chi connectivity index (χ0n) is 14.6. The summed E-state index contributed by atoms with van der Waals surface area (Å²) in [5.74, 6) is -0.237. The Kier molecular flexibility index (Phi) is 4.89. The molecule has 1 amide bonds. The molecule has 0 aliphatic rings. The van der Waals surface area contributed by atoms with Crippen molar-refractivity contribution in [1.29, 1.82) is 0 Å². The number of pyridine rings is 1. The van der Waals surface area contributed by atoms with Crippen LogP contribution in [0, 0.1) is 10.1 Å². The van der Waals surface area contributed by atoms with E-state index >= 15 is 0 Å². The number of carbonyl (C=O) groups excluding carboxylic acids is 1. The maximum atomic E-state index is 13.0. The maximum absolute atomic E-state index is 13.0. The van der Waals surface area contributed by atoms with Crippen LogP contribution in [0.5, 0.6) is 11.5 Å². The number of non-ortho nitro benzene ring substituents is 1. The summed E-state index contributed by atoms with van der Waals surface area (Å²) in [6, 6.07) is 10.1. The summed E-state index contributed by atoms with van der Waals surface area (Å²) in [5.41, 5.74) is 0.420. The second-order valence-electron chi connectivity index (χ2n) is 5.88. The van der Waals surface area contributed by atoms with Crippen molar-refractivity contribution in [1.82, 2.24) is 10.3 Å². The lowest BCUT2D eigenvalue weighted by molar-refractivity contribution is -0.383. The van der Waals surface area contributed by atoms with Crippen molar-refractivity contribution in [2.75, 3.05) is 7.11 Å². The van der Waals surface area contributed by atoms with Gasteiger partial charge in [-0.15, -0.1) is 0 Å². The van der Waals surface area contributed by atoms with E-state index in [9.17, 15) is 20.0 Å². The van der Waals surface area contributed by atoms with E-state index < -0.39 is 16.7 Å². The zero-order valence-corrected chi connectivity index (χ0v) is 14.6. The Morgan fingerprint density at radius 1 is 1.26 bits per heavy atom. The first-order valence-corrected chi connectivity index (χ1v) is 8.06. The number of fused-ring (bicyclic) bond motifs is 1. The van der Waals surface area contributed by atoms with Gasteiger partial charge in [0.2, 0.25) is 5.91 Å². The third kappa shape index (κ3) is 3.50. The van der Waals surface area contributed by atoms with Crippen molar-refractivity contribution in [3.05, 3.63) is 69.9 Å². The molecular weight excluding hydrogens is 350 g/mol. The van der Waals surface area contributed by atoms with Crippen molar-refractivity contribution in [2.45, 2.75) is 13.0 Å². The molecule has 2 aromatic carbocycles. The third-order valence-electron chi connectivity index (χ3n) is 4.16. The molecule has 3 aromatic rings. The smallest absolute Gasteiger partial charge is 0.279 e. The number of rotatable bonds is 5. The SMILES string of the molecule is COc1ccc([C@H](NC(C)=O)c2cc([N+](=O)[O-])c3cccnc3c2[O-])cc1. The highest BCUT2D eigenvalue weighted by molar-refractivity contribution is 5.93. The van der Waals surface area contributed by atoms with Gasteiger partial charge >= 0.3 is 0 Å². The molecule has 138 valence electrons. The molecule has 0 bridgehead atoms. The number of carbonyl (C=O) groups is 1. The van der Waals surface area contributed by atoms with E-state index in [1.807, 2.05) is 0 Å². The number of nitrogens with one attached hydrogen (secondary N) is 1. The van der Waals surface area contributed by atoms with Crippen LogP contribution in [0.2, 0.25) is 0 Å². The van der Waals surface area contributed by atoms with Gasteiger partial charge in [0.1, 0.15) is 5.75 Å². The molecule has 1 aromatic heterocycles. The van der Waals surface area contributed by atoms with E-state index in [2.05, 4.69) is 10.3 Å². The van der Waals surface area contributed by atoms with Crippen molar-refractivity contribution in [3.63, 3.8) is 0 Å². The number of nitro benzene ring substituents is 1. The molecular formula is C19H16N3O5-. The molecule has 1 atom stereocenters. The number of hydrogen-bond acceptors (Lipinski definition) is 6. The second-order valence-corrected chi connectivity index (χ2v) is 5.88. The number of nitrogens with zero attached hydrogens (tertiary/aromatic N) is 2. The molecule has 1 N–H and O–H groups in total. The highest BCUT2D eigenvalue weighted by Crippen LogP contribution is 2.38. The fourth-order valence-corrected chi connectivity index (χ4v) is 2.93. The molecule has 8 nitrogen and oxygen atoms in total. The molecule has 0 unspecified atom stereocenters. The van der Waals surface area contributed by atoms with Crippen LogP contribution in [0.15, 0.2) is 48.7 Å². The highest BCUT2D eigenvalue weighted by Gasteiger charge is 2.23. The van der Waals surface area contributed by atoms with Crippen LogP contribution in [0.1, 0.15) is 24.1 Å². The summed E-state index contributed by atoms with van der Waals surface area (Å²) in [4.78, 5) is 26.7. The van der Waals surface area contributed by atoms with Crippen molar-refractivity contribution in [3.8, 4) is 11.5 Å². The van der Waals surface area contributed by atoms with Crippen LogP contribution in [-0.4, -0.2) is 22.9 Å². The normalized spacial score (nSPS) is 11.8. The van der Waals surface area contributed by atoms with Gasteiger partial charge in [-0.2, -0.15) is 0 Å². The Morgan fingerprint density at radius 3 is 2.56 bits per heavy atom. The molecule has 1 heterocycles. The highest BCUT2D eigenvalue weighted by atomic mass is 16.6. The molecule has 8 heteroatoms. The molecule has 3 rings (SSSR count). The minimum Gasteiger partial charge on any atom is -0.871 e. The number of amides is 1. The van der Waals surface area contributed by atoms with Crippen LogP contribution in [0.3, 0.4) is 0 Å².